The monoisotopic (exact) mass is 320 g/mol. The highest BCUT2D eigenvalue weighted by Crippen LogP contribution is 2.26. The van der Waals surface area contributed by atoms with Crippen LogP contribution in [-0.4, -0.2) is 24.9 Å². The second-order valence-electron chi connectivity index (χ2n) is 3.88. The third-order valence-corrected chi connectivity index (χ3v) is 3.04. The highest BCUT2D eigenvalue weighted by molar-refractivity contribution is 9.10. The SMILES string of the molecule is Cn1ncc(-c2nc(-c3cncc(Br)c3)no2)c1N. The van der Waals surface area contributed by atoms with Gasteiger partial charge < -0.3 is 10.3 Å². The van der Waals surface area contributed by atoms with E-state index < -0.39 is 0 Å². The normalized spacial score (nSPS) is 10.8. The number of nitrogens with zero attached hydrogens (tertiary/aromatic N) is 5. The Morgan fingerprint density at radius 2 is 2.16 bits per heavy atom. The van der Waals surface area contributed by atoms with Gasteiger partial charge in [0.2, 0.25) is 5.82 Å². The first-order valence-corrected chi connectivity index (χ1v) is 6.17. The van der Waals surface area contributed by atoms with E-state index in [-0.39, 0.29) is 0 Å². The van der Waals surface area contributed by atoms with Gasteiger partial charge in [-0.3, -0.25) is 9.67 Å². The first-order chi connectivity index (χ1) is 9.15. The molecule has 0 saturated carbocycles. The zero-order valence-corrected chi connectivity index (χ0v) is 11.5. The third-order valence-electron chi connectivity index (χ3n) is 2.60. The van der Waals surface area contributed by atoms with Gasteiger partial charge in [0.15, 0.2) is 0 Å². The molecule has 0 unspecified atom stereocenters. The third kappa shape index (κ3) is 2.10. The summed E-state index contributed by atoms with van der Waals surface area (Å²) in [5.74, 6) is 1.26. The van der Waals surface area contributed by atoms with E-state index in [9.17, 15) is 0 Å². The number of pyridine rings is 1. The largest absolute Gasteiger partial charge is 0.383 e. The van der Waals surface area contributed by atoms with Gasteiger partial charge in [-0.15, -0.1) is 0 Å². The quantitative estimate of drug-likeness (QED) is 0.774. The van der Waals surface area contributed by atoms with Crippen molar-refractivity contribution in [2.45, 2.75) is 0 Å². The summed E-state index contributed by atoms with van der Waals surface area (Å²) in [4.78, 5) is 8.35. The van der Waals surface area contributed by atoms with Gasteiger partial charge in [-0.05, 0) is 22.0 Å². The Hall–Kier alpha value is -2.22. The lowest BCUT2D eigenvalue weighted by Gasteiger charge is -1.94. The van der Waals surface area contributed by atoms with Crippen molar-refractivity contribution >= 4 is 21.7 Å². The van der Waals surface area contributed by atoms with E-state index in [1.807, 2.05) is 6.07 Å². The second-order valence-corrected chi connectivity index (χ2v) is 4.80. The fourth-order valence-corrected chi connectivity index (χ4v) is 1.96. The van der Waals surface area contributed by atoms with Gasteiger partial charge in [-0.25, -0.2) is 0 Å². The number of nitrogens with two attached hydrogens (primary N) is 1. The predicted octanol–water partition coefficient (Wildman–Crippen LogP) is 1.88. The highest BCUT2D eigenvalue weighted by Gasteiger charge is 2.16. The molecule has 3 aromatic heterocycles. The Kier molecular flexibility index (Phi) is 2.79. The lowest BCUT2D eigenvalue weighted by Crippen LogP contribution is -1.98. The number of aryl methyl sites for hydroxylation is 1. The lowest BCUT2D eigenvalue weighted by atomic mass is 10.3. The Balaban J connectivity index is 2.02. The standard InChI is InChI=1S/C11H9BrN6O/c1-18-9(13)8(5-15-18)11-16-10(17-19-11)6-2-7(12)4-14-3-6/h2-5H,13H2,1H3. The predicted molar refractivity (Wildman–Crippen MR) is 71.8 cm³/mol. The van der Waals surface area contributed by atoms with Crippen LogP contribution in [0.3, 0.4) is 0 Å². The van der Waals surface area contributed by atoms with Gasteiger partial charge in [0.25, 0.3) is 5.89 Å². The Morgan fingerprint density at radius 3 is 2.84 bits per heavy atom. The fraction of sp³-hybridized carbons (Fsp3) is 0.0909. The van der Waals surface area contributed by atoms with Crippen molar-refractivity contribution in [2.24, 2.45) is 7.05 Å². The van der Waals surface area contributed by atoms with Crippen LogP contribution in [0.25, 0.3) is 22.8 Å². The van der Waals surface area contributed by atoms with Gasteiger partial charge in [-0.1, -0.05) is 5.16 Å². The molecule has 0 bridgehead atoms. The van der Waals surface area contributed by atoms with Crippen LogP contribution in [0.2, 0.25) is 0 Å². The van der Waals surface area contributed by atoms with Crippen LogP contribution in [0.5, 0.6) is 0 Å². The molecule has 8 heteroatoms. The maximum Gasteiger partial charge on any atom is 0.263 e. The zero-order chi connectivity index (χ0) is 13.4. The number of hydrogen-bond acceptors (Lipinski definition) is 6. The number of aromatic nitrogens is 5. The van der Waals surface area contributed by atoms with Gasteiger partial charge in [-0.2, -0.15) is 10.1 Å². The van der Waals surface area contributed by atoms with Crippen molar-refractivity contribution in [2.75, 3.05) is 5.73 Å². The summed E-state index contributed by atoms with van der Waals surface area (Å²) in [5.41, 5.74) is 7.23. The summed E-state index contributed by atoms with van der Waals surface area (Å²) >= 11 is 3.34. The number of nitrogen functional groups attached to an aromatic ring is 1. The minimum atomic E-state index is 0.334. The summed E-state index contributed by atoms with van der Waals surface area (Å²) in [5, 5.41) is 7.95. The second kappa shape index (κ2) is 4.47. The zero-order valence-electron chi connectivity index (χ0n) is 9.91. The van der Waals surface area contributed by atoms with E-state index >= 15 is 0 Å². The first-order valence-electron chi connectivity index (χ1n) is 5.37. The maximum absolute atomic E-state index is 5.86. The Morgan fingerprint density at radius 1 is 1.32 bits per heavy atom. The molecule has 19 heavy (non-hydrogen) atoms. The van der Waals surface area contributed by atoms with Crippen LogP contribution in [-0.2, 0) is 7.05 Å². The Labute approximate surface area is 116 Å². The average Bonchev–Trinajstić information content (AvgIpc) is 2.98. The number of anilines is 1. The Bertz CT molecular complexity index is 734. The van der Waals surface area contributed by atoms with Crippen LogP contribution < -0.4 is 5.73 Å². The van der Waals surface area contributed by atoms with E-state index in [0.717, 1.165) is 10.0 Å². The molecule has 0 saturated heterocycles. The van der Waals surface area contributed by atoms with Gasteiger partial charge in [0, 0.05) is 29.5 Å². The fourth-order valence-electron chi connectivity index (χ4n) is 1.60. The van der Waals surface area contributed by atoms with E-state index in [2.05, 4.69) is 36.2 Å². The van der Waals surface area contributed by atoms with Crippen molar-refractivity contribution in [3.05, 3.63) is 29.1 Å². The van der Waals surface area contributed by atoms with Crippen LogP contribution in [0.1, 0.15) is 0 Å². The van der Waals surface area contributed by atoms with Crippen LogP contribution in [0, 0.1) is 0 Å². The molecule has 96 valence electrons. The number of rotatable bonds is 2. The van der Waals surface area contributed by atoms with E-state index in [1.165, 1.54) is 0 Å². The van der Waals surface area contributed by atoms with Crippen molar-refractivity contribution in [1.82, 2.24) is 24.9 Å². The molecule has 3 aromatic rings. The number of halogens is 1. The molecule has 2 N–H and O–H groups in total. The minimum absolute atomic E-state index is 0.334. The summed E-state index contributed by atoms with van der Waals surface area (Å²) in [6, 6.07) is 1.86. The average molecular weight is 321 g/mol. The molecule has 0 atom stereocenters. The maximum atomic E-state index is 5.86. The van der Waals surface area contributed by atoms with Crippen molar-refractivity contribution in [3.8, 4) is 22.8 Å². The summed E-state index contributed by atoms with van der Waals surface area (Å²) in [6.45, 7) is 0. The van der Waals surface area contributed by atoms with E-state index in [0.29, 0.717) is 23.1 Å². The summed E-state index contributed by atoms with van der Waals surface area (Å²) in [6.07, 6.45) is 4.93. The van der Waals surface area contributed by atoms with E-state index in [1.54, 1.807) is 30.3 Å². The molecule has 0 spiro atoms. The molecule has 0 aliphatic carbocycles. The summed E-state index contributed by atoms with van der Waals surface area (Å²) in [7, 11) is 1.74. The lowest BCUT2D eigenvalue weighted by molar-refractivity contribution is 0.432. The van der Waals surface area contributed by atoms with E-state index in [4.69, 9.17) is 10.3 Å². The molecule has 0 fully saturated rings. The first kappa shape index (κ1) is 11.8. The van der Waals surface area contributed by atoms with Gasteiger partial charge in [0.1, 0.15) is 11.4 Å². The van der Waals surface area contributed by atoms with Crippen LogP contribution in [0.4, 0.5) is 5.82 Å². The molecule has 3 heterocycles. The van der Waals surface area contributed by atoms with Crippen molar-refractivity contribution in [3.63, 3.8) is 0 Å². The summed E-state index contributed by atoms with van der Waals surface area (Å²) < 4.78 is 7.59. The topological polar surface area (TPSA) is 95.6 Å². The molecular weight excluding hydrogens is 312 g/mol. The van der Waals surface area contributed by atoms with Crippen molar-refractivity contribution in [1.29, 1.82) is 0 Å². The molecule has 3 rings (SSSR count). The molecule has 7 nitrogen and oxygen atoms in total. The number of hydrogen-bond donors (Lipinski definition) is 1. The van der Waals surface area contributed by atoms with Crippen molar-refractivity contribution < 1.29 is 4.52 Å². The van der Waals surface area contributed by atoms with Crippen LogP contribution in [0.15, 0.2) is 33.7 Å². The molecular formula is C11H9BrN6O. The molecule has 0 aliphatic rings. The molecule has 0 amide bonds. The molecule has 0 radical (unpaired) electrons. The molecule has 0 aliphatic heterocycles. The highest BCUT2D eigenvalue weighted by atomic mass is 79.9. The smallest absolute Gasteiger partial charge is 0.263 e. The van der Waals surface area contributed by atoms with Crippen LogP contribution >= 0.6 is 15.9 Å². The molecule has 0 aromatic carbocycles. The van der Waals surface area contributed by atoms with Gasteiger partial charge in [0.05, 0.1) is 6.20 Å². The van der Waals surface area contributed by atoms with Gasteiger partial charge >= 0.3 is 0 Å². The minimum Gasteiger partial charge on any atom is -0.383 e.